The van der Waals surface area contributed by atoms with Crippen LogP contribution in [0.25, 0.3) is 11.1 Å². The van der Waals surface area contributed by atoms with Crippen molar-refractivity contribution < 1.29 is 24.2 Å². The monoisotopic (exact) mass is 688 g/mol. The molecule has 9 rings (SSSR count). The van der Waals surface area contributed by atoms with Crippen LogP contribution < -0.4 is 0 Å². The summed E-state index contributed by atoms with van der Waals surface area (Å²) in [6, 6.07) is 30.6. The summed E-state index contributed by atoms with van der Waals surface area (Å²) in [7, 11) is 0. The van der Waals surface area contributed by atoms with E-state index >= 15 is 0 Å². The average molecular weight is 691 g/mol. The Morgan fingerprint density at radius 1 is 0.814 bits per heavy atom. The molecule has 43 heavy (non-hydrogen) atoms. The summed E-state index contributed by atoms with van der Waals surface area (Å²) in [6.07, 6.45) is 17.8. The molecule has 6 aliphatic rings. The van der Waals surface area contributed by atoms with Crippen LogP contribution in [0.15, 0.2) is 90.0 Å². The van der Waals surface area contributed by atoms with Crippen LogP contribution >= 0.6 is 24.8 Å². The molecule has 0 heterocycles. The predicted molar refractivity (Wildman–Crippen MR) is 186 cm³/mol. The van der Waals surface area contributed by atoms with Gasteiger partial charge >= 0.3 is 28.4 Å². The zero-order chi connectivity index (χ0) is 29.2. The molecule has 0 saturated heterocycles. The van der Waals surface area contributed by atoms with E-state index in [0.717, 1.165) is 24.2 Å². The maximum absolute atomic E-state index is 3.57. The SMILES string of the molecule is CC1=[C-]C(C)C=C1CC12CC3CC(CC(C3)C1)C2.Cl.Cl.[CH2-]C.[CH2]=[Zr].[c-]1cccc2c1Cc1ccccc1-2.[c-]1ccccc1. The Balaban J connectivity index is 0.000000227. The number of benzene rings is 3. The van der Waals surface area contributed by atoms with Crippen molar-refractivity contribution in [2.45, 2.75) is 72.1 Å². The van der Waals surface area contributed by atoms with Crippen LogP contribution in [0.1, 0.15) is 76.8 Å². The predicted octanol–water partition coefficient (Wildman–Crippen LogP) is 11.1. The first-order valence-corrected chi connectivity index (χ1v) is 17.2. The van der Waals surface area contributed by atoms with Crippen LogP contribution in [-0.4, -0.2) is 4.21 Å². The first kappa shape index (κ1) is 37.7. The molecule has 1 unspecified atom stereocenters. The van der Waals surface area contributed by atoms with E-state index in [2.05, 4.69) is 85.7 Å². The number of hydrogen-bond donors (Lipinski definition) is 0. The summed E-state index contributed by atoms with van der Waals surface area (Å²) in [4.78, 5) is 0. The number of allylic oxidation sites excluding steroid dienone is 4. The summed E-state index contributed by atoms with van der Waals surface area (Å²) < 4.78 is 3.34. The molecule has 0 nitrogen and oxygen atoms in total. The molecule has 0 aromatic heterocycles. The van der Waals surface area contributed by atoms with Gasteiger partial charge in [-0.15, -0.1) is 30.4 Å². The Hall–Kier alpha value is -1.53. The molecule has 3 aromatic rings. The van der Waals surface area contributed by atoms with Gasteiger partial charge in [0.1, 0.15) is 0 Å². The third-order valence-corrected chi connectivity index (χ3v) is 9.33. The Kier molecular flexibility index (Phi) is 16.2. The molecule has 0 aliphatic heterocycles. The first-order valence-electron chi connectivity index (χ1n) is 15.4. The van der Waals surface area contributed by atoms with E-state index in [1.54, 1.807) is 51.0 Å². The van der Waals surface area contributed by atoms with E-state index in [-0.39, 0.29) is 24.8 Å². The zero-order valence-electron chi connectivity index (χ0n) is 26.2. The minimum Gasteiger partial charge on any atom is -0.184 e. The van der Waals surface area contributed by atoms with Crippen molar-refractivity contribution in [2.24, 2.45) is 29.1 Å². The second kappa shape index (κ2) is 18.4. The normalized spacial score (nSPS) is 25.7. The van der Waals surface area contributed by atoms with E-state index in [9.17, 15) is 0 Å². The Labute approximate surface area is 290 Å². The third-order valence-electron chi connectivity index (χ3n) is 9.33. The fraction of sp³-hybridized carbons (Fsp3) is 0.400. The summed E-state index contributed by atoms with van der Waals surface area (Å²) in [5.41, 5.74) is 9.31. The number of hydrogen-bond acceptors (Lipinski definition) is 0. The van der Waals surface area contributed by atoms with Gasteiger partial charge in [-0.05, 0) is 68.1 Å². The Bertz CT molecular complexity index is 1200. The van der Waals surface area contributed by atoms with Gasteiger partial charge < -0.3 is 6.92 Å². The summed E-state index contributed by atoms with van der Waals surface area (Å²) in [5.74, 6) is 3.82. The van der Waals surface area contributed by atoms with Crippen molar-refractivity contribution in [1.82, 2.24) is 0 Å². The largest absolute Gasteiger partial charge is 0.184 e. The van der Waals surface area contributed by atoms with E-state index < -0.39 is 0 Å². The molecule has 0 amide bonds. The molecule has 0 radical (unpaired) electrons. The average Bonchev–Trinajstić information content (AvgIpc) is 3.54. The maximum atomic E-state index is 3.57. The zero-order valence-corrected chi connectivity index (χ0v) is 30.3. The molecule has 1 atom stereocenters. The van der Waals surface area contributed by atoms with Crippen molar-refractivity contribution >= 4 is 29.0 Å². The van der Waals surface area contributed by atoms with Gasteiger partial charge in [-0.25, -0.2) is 5.57 Å². The van der Waals surface area contributed by atoms with Gasteiger partial charge in [0.15, 0.2) is 0 Å². The van der Waals surface area contributed by atoms with Crippen LogP contribution in [0, 0.1) is 54.2 Å². The summed E-state index contributed by atoms with van der Waals surface area (Å²) in [5, 5.41) is 0. The number of halogens is 2. The minimum atomic E-state index is 0. The second-order valence-corrected chi connectivity index (χ2v) is 12.3. The first-order chi connectivity index (χ1) is 20.1. The van der Waals surface area contributed by atoms with Gasteiger partial charge in [-0.1, -0.05) is 61.6 Å². The topological polar surface area (TPSA) is 0 Å². The summed E-state index contributed by atoms with van der Waals surface area (Å²) in [6.45, 7) is 9.55. The van der Waals surface area contributed by atoms with Gasteiger partial charge in [0, 0.05) is 0 Å². The van der Waals surface area contributed by atoms with Gasteiger partial charge in [0.05, 0.1) is 0 Å². The molecule has 6 aliphatic carbocycles. The van der Waals surface area contributed by atoms with Crippen molar-refractivity contribution in [1.29, 1.82) is 0 Å². The maximum Gasteiger partial charge on any atom is -0.0253 e. The van der Waals surface area contributed by atoms with Crippen molar-refractivity contribution in [3.8, 4) is 11.1 Å². The van der Waals surface area contributed by atoms with E-state index in [0.29, 0.717) is 11.3 Å². The fourth-order valence-electron chi connectivity index (χ4n) is 8.34. The molecule has 3 aromatic carbocycles. The Morgan fingerprint density at radius 2 is 1.40 bits per heavy atom. The van der Waals surface area contributed by atoms with Crippen molar-refractivity contribution in [2.75, 3.05) is 0 Å². The van der Waals surface area contributed by atoms with Gasteiger partial charge in [-0.3, -0.25) is 6.08 Å². The third kappa shape index (κ3) is 9.73. The standard InChI is InChI=1S/C18H25.C13H9.C6H5.C2H5.CH2.2ClH.Zr/c1-12-3-13(2)17(4-12)11-18-8-14-5-15(9-18)7-16(6-14)10-18;1-3-7-12-10(5-1)9-11-6-2-4-8-13(11)12;1-2-4-6-5-3-1;1-2;;;;/h4,12,14-16H,5-11H2,1-2H3;1-5,7-8H,9H2;1-5H;1H2,2H3;1H2;2*1H;/q4*-1;;;;. The molecular formula is C40H48Cl2Zr-4. The molecule has 4 fully saturated rings. The van der Waals surface area contributed by atoms with Crippen LogP contribution in [0.4, 0.5) is 0 Å². The Morgan fingerprint density at radius 3 is 1.91 bits per heavy atom. The van der Waals surface area contributed by atoms with Crippen molar-refractivity contribution in [3.05, 3.63) is 126 Å². The molecule has 0 N–H and O–H groups in total. The van der Waals surface area contributed by atoms with Gasteiger partial charge in [0.2, 0.25) is 0 Å². The van der Waals surface area contributed by atoms with E-state index in [4.69, 9.17) is 0 Å². The van der Waals surface area contributed by atoms with Crippen LogP contribution in [0.3, 0.4) is 0 Å². The summed E-state index contributed by atoms with van der Waals surface area (Å²) >= 11 is 1.30. The molecule has 0 spiro atoms. The minimum absolute atomic E-state index is 0. The van der Waals surface area contributed by atoms with E-state index in [1.165, 1.54) is 58.5 Å². The number of rotatable bonds is 2. The molecule has 3 heteroatoms. The van der Waals surface area contributed by atoms with Gasteiger partial charge in [0.25, 0.3) is 0 Å². The number of fused-ring (bicyclic) bond motifs is 3. The fourth-order valence-corrected chi connectivity index (χ4v) is 8.34. The molecular weight excluding hydrogens is 643 g/mol. The van der Waals surface area contributed by atoms with Crippen LogP contribution in [0.5, 0.6) is 0 Å². The molecule has 230 valence electrons. The molecule has 4 saturated carbocycles. The second-order valence-electron chi connectivity index (χ2n) is 12.3. The van der Waals surface area contributed by atoms with Crippen LogP contribution in [-0.2, 0) is 30.7 Å². The van der Waals surface area contributed by atoms with Crippen molar-refractivity contribution in [3.63, 3.8) is 0 Å². The van der Waals surface area contributed by atoms with Gasteiger partial charge in [-0.2, -0.15) is 84.8 Å². The smallest absolute Gasteiger partial charge is 0.0253 e. The van der Waals surface area contributed by atoms with Crippen LogP contribution in [0.2, 0.25) is 0 Å². The molecule has 4 bridgehead atoms. The quantitative estimate of drug-likeness (QED) is 0.184. The van der Waals surface area contributed by atoms with E-state index in [1.807, 2.05) is 36.4 Å².